The first-order chi connectivity index (χ1) is 9.47. The van der Waals surface area contributed by atoms with E-state index in [0.29, 0.717) is 13.2 Å². The van der Waals surface area contributed by atoms with Gasteiger partial charge in [0.2, 0.25) is 11.1 Å². The summed E-state index contributed by atoms with van der Waals surface area (Å²) >= 11 is 5.77. The molecule has 0 spiro atoms. The van der Waals surface area contributed by atoms with Crippen LogP contribution in [0.4, 0.5) is 11.5 Å². The second-order valence-electron chi connectivity index (χ2n) is 5.13. The first kappa shape index (κ1) is 14.9. The van der Waals surface area contributed by atoms with Gasteiger partial charge in [0.05, 0.1) is 4.92 Å². The smallest absolute Gasteiger partial charge is 0.332 e. The zero-order chi connectivity index (χ0) is 14.8. The molecule has 110 valence electrons. The standard InChI is InChI=1S/C12H17ClN4O3/c1-8-9(17(18)19)10(16-11(13)15-8)14-7-12(3-4-12)5-6-20-2/h3-7H2,1-2H3,(H,14,15,16). The number of rotatable bonds is 7. The Morgan fingerprint density at radius 1 is 1.50 bits per heavy atom. The Morgan fingerprint density at radius 3 is 2.75 bits per heavy atom. The van der Waals surface area contributed by atoms with E-state index in [1.54, 1.807) is 14.0 Å². The van der Waals surface area contributed by atoms with Crippen LogP contribution >= 0.6 is 11.6 Å². The summed E-state index contributed by atoms with van der Waals surface area (Å²) in [6.07, 6.45) is 3.12. The second kappa shape index (κ2) is 5.88. The van der Waals surface area contributed by atoms with Crippen LogP contribution in [0.2, 0.25) is 5.28 Å². The van der Waals surface area contributed by atoms with Crippen molar-refractivity contribution in [3.05, 3.63) is 21.1 Å². The summed E-state index contributed by atoms with van der Waals surface area (Å²) in [5.74, 6) is 0.191. The van der Waals surface area contributed by atoms with Gasteiger partial charge in [-0.25, -0.2) is 4.98 Å². The summed E-state index contributed by atoms with van der Waals surface area (Å²) in [6, 6.07) is 0. The van der Waals surface area contributed by atoms with Crippen LogP contribution in [0.25, 0.3) is 0 Å². The van der Waals surface area contributed by atoms with Gasteiger partial charge in [0.25, 0.3) is 0 Å². The van der Waals surface area contributed by atoms with E-state index in [0.717, 1.165) is 19.3 Å². The van der Waals surface area contributed by atoms with E-state index in [9.17, 15) is 10.1 Å². The number of nitrogens with one attached hydrogen (secondary N) is 1. The van der Waals surface area contributed by atoms with E-state index in [2.05, 4.69) is 15.3 Å². The Labute approximate surface area is 121 Å². The molecule has 0 atom stereocenters. The molecule has 0 unspecified atom stereocenters. The Balaban J connectivity index is 2.11. The number of nitrogens with zero attached hydrogens (tertiary/aromatic N) is 3. The number of hydrogen-bond donors (Lipinski definition) is 1. The molecule has 0 amide bonds. The van der Waals surface area contributed by atoms with E-state index >= 15 is 0 Å². The number of nitro groups is 1. The quantitative estimate of drug-likeness (QED) is 0.473. The van der Waals surface area contributed by atoms with Gasteiger partial charge in [0.15, 0.2) is 0 Å². The molecule has 0 saturated heterocycles. The lowest BCUT2D eigenvalue weighted by Gasteiger charge is -2.16. The van der Waals surface area contributed by atoms with Crippen LogP contribution in [0.1, 0.15) is 25.0 Å². The molecular weight excluding hydrogens is 284 g/mol. The van der Waals surface area contributed by atoms with Crippen molar-refractivity contribution in [3.63, 3.8) is 0 Å². The topological polar surface area (TPSA) is 90.2 Å². The largest absolute Gasteiger partial charge is 0.385 e. The zero-order valence-corrected chi connectivity index (χ0v) is 12.2. The Bertz CT molecular complexity index is 520. The second-order valence-corrected chi connectivity index (χ2v) is 5.47. The van der Waals surface area contributed by atoms with Crippen LogP contribution in [0.5, 0.6) is 0 Å². The van der Waals surface area contributed by atoms with Gasteiger partial charge in [-0.05, 0) is 43.2 Å². The minimum absolute atomic E-state index is 0.0114. The Hall–Kier alpha value is -1.47. The molecular formula is C12H17ClN4O3. The van der Waals surface area contributed by atoms with Crippen LogP contribution in [-0.2, 0) is 4.74 Å². The van der Waals surface area contributed by atoms with Crippen molar-refractivity contribution in [1.82, 2.24) is 9.97 Å². The summed E-state index contributed by atoms with van der Waals surface area (Å²) in [5, 5.41) is 14.2. The van der Waals surface area contributed by atoms with Crippen LogP contribution in [0.15, 0.2) is 0 Å². The fourth-order valence-corrected chi connectivity index (χ4v) is 2.37. The monoisotopic (exact) mass is 300 g/mol. The third kappa shape index (κ3) is 3.34. The van der Waals surface area contributed by atoms with Crippen LogP contribution in [-0.4, -0.2) is 35.2 Å². The van der Waals surface area contributed by atoms with Gasteiger partial charge < -0.3 is 10.1 Å². The average molecular weight is 301 g/mol. The molecule has 7 nitrogen and oxygen atoms in total. The normalized spacial score (nSPS) is 15.9. The number of halogens is 1. The highest BCUT2D eigenvalue weighted by molar-refractivity contribution is 6.28. The van der Waals surface area contributed by atoms with Gasteiger partial charge in [-0.1, -0.05) is 0 Å². The Kier molecular flexibility index (Phi) is 4.39. The van der Waals surface area contributed by atoms with Crippen molar-refractivity contribution < 1.29 is 9.66 Å². The molecule has 0 bridgehead atoms. The minimum atomic E-state index is -0.483. The fourth-order valence-electron chi connectivity index (χ4n) is 2.16. The first-order valence-electron chi connectivity index (χ1n) is 6.39. The number of hydrogen-bond acceptors (Lipinski definition) is 6. The van der Waals surface area contributed by atoms with E-state index in [4.69, 9.17) is 16.3 Å². The van der Waals surface area contributed by atoms with Crippen molar-refractivity contribution in [3.8, 4) is 0 Å². The fraction of sp³-hybridized carbons (Fsp3) is 0.667. The predicted octanol–water partition coefficient (Wildman–Crippen LogP) is 2.58. The van der Waals surface area contributed by atoms with Crippen molar-refractivity contribution in [2.45, 2.75) is 26.2 Å². The van der Waals surface area contributed by atoms with E-state index < -0.39 is 4.92 Å². The molecule has 1 aromatic rings. The molecule has 1 N–H and O–H groups in total. The molecule has 1 aromatic heterocycles. The minimum Gasteiger partial charge on any atom is -0.385 e. The molecule has 1 heterocycles. The van der Waals surface area contributed by atoms with Crippen LogP contribution in [0, 0.1) is 22.5 Å². The highest BCUT2D eigenvalue weighted by Gasteiger charge is 2.42. The molecule has 20 heavy (non-hydrogen) atoms. The van der Waals surface area contributed by atoms with Crippen LogP contribution < -0.4 is 5.32 Å². The van der Waals surface area contributed by atoms with Crippen LogP contribution in [0.3, 0.4) is 0 Å². The molecule has 1 aliphatic carbocycles. The summed E-state index contributed by atoms with van der Waals surface area (Å²) in [4.78, 5) is 18.4. The molecule has 0 aromatic carbocycles. The summed E-state index contributed by atoms with van der Waals surface area (Å²) in [5.41, 5.74) is 0.311. The van der Waals surface area contributed by atoms with E-state index in [1.807, 2.05) is 0 Å². The number of aryl methyl sites for hydroxylation is 1. The number of aromatic nitrogens is 2. The lowest BCUT2D eigenvalue weighted by atomic mass is 10.0. The molecule has 8 heteroatoms. The van der Waals surface area contributed by atoms with Gasteiger partial charge in [-0.15, -0.1) is 0 Å². The third-order valence-corrected chi connectivity index (χ3v) is 3.81. The predicted molar refractivity (Wildman–Crippen MR) is 75.1 cm³/mol. The van der Waals surface area contributed by atoms with Gasteiger partial charge in [-0.2, -0.15) is 4.98 Å². The van der Waals surface area contributed by atoms with Crippen molar-refractivity contribution in [2.75, 3.05) is 25.6 Å². The maximum Gasteiger partial charge on any atom is 0.332 e. The third-order valence-electron chi connectivity index (χ3n) is 3.64. The average Bonchev–Trinajstić information content (AvgIpc) is 3.13. The Morgan fingerprint density at radius 2 is 2.20 bits per heavy atom. The summed E-state index contributed by atoms with van der Waals surface area (Å²) in [6.45, 7) is 2.87. The zero-order valence-electron chi connectivity index (χ0n) is 11.5. The van der Waals surface area contributed by atoms with Gasteiger partial charge in [-0.3, -0.25) is 10.1 Å². The maximum absolute atomic E-state index is 11.1. The van der Waals surface area contributed by atoms with Crippen molar-refractivity contribution in [1.29, 1.82) is 0 Å². The van der Waals surface area contributed by atoms with E-state index in [1.165, 1.54) is 0 Å². The van der Waals surface area contributed by atoms with E-state index in [-0.39, 0.29) is 27.9 Å². The van der Waals surface area contributed by atoms with Crippen molar-refractivity contribution in [2.24, 2.45) is 5.41 Å². The summed E-state index contributed by atoms with van der Waals surface area (Å²) < 4.78 is 5.09. The highest BCUT2D eigenvalue weighted by Crippen LogP contribution is 2.49. The molecule has 2 rings (SSSR count). The molecule has 0 radical (unpaired) electrons. The SMILES string of the molecule is COCCC1(CNc2nc(Cl)nc(C)c2[N+](=O)[O-])CC1. The molecule has 0 aliphatic heterocycles. The maximum atomic E-state index is 11.1. The molecule has 1 fully saturated rings. The highest BCUT2D eigenvalue weighted by atomic mass is 35.5. The number of anilines is 1. The first-order valence-corrected chi connectivity index (χ1v) is 6.76. The van der Waals surface area contributed by atoms with Gasteiger partial charge in [0.1, 0.15) is 5.69 Å². The molecule has 1 aliphatic rings. The number of methoxy groups -OCH3 is 1. The van der Waals surface area contributed by atoms with Crippen molar-refractivity contribution >= 4 is 23.1 Å². The number of ether oxygens (including phenoxy) is 1. The lowest BCUT2D eigenvalue weighted by Crippen LogP contribution is -2.19. The summed E-state index contributed by atoms with van der Waals surface area (Å²) in [7, 11) is 1.67. The molecule has 1 saturated carbocycles. The van der Waals surface area contributed by atoms with Gasteiger partial charge in [0, 0.05) is 20.3 Å². The lowest BCUT2D eigenvalue weighted by molar-refractivity contribution is -0.385. The van der Waals surface area contributed by atoms with Gasteiger partial charge >= 0.3 is 5.69 Å².